The summed E-state index contributed by atoms with van der Waals surface area (Å²) in [5.41, 5.74) is 2.10. The summed E-state index contributed by atoms with van der Waals surface area (Å²) in [6, 6.07) is 0. The van der Waals surface area contributed by atoms with Gasteiger partial charge in [-0.05, 0) is 30.4 Å². The fraction of sp³-hybridized carbons (Fsp3) is 0.706. The monoisotopic (exact) mass is 292 g/mol. The topological polar surface area (TPSA) is 41.6 Å². The van der Waals surface area contributed by atoms with Gasteiger partial charge in [0.15, 0.2) is 5.78 Å². The molecule has 1 fully saturated rings. The number of carbonyl (C=O) groups excluding carboxylic acids is 1. The Hall–Kier alpha value is -1.29. The van der Waals surface area contributed by atoms with E-state index in [1.54, 1.807) is 14.0 Å². The van der Waals surface area contributed by atoms with E-state index in [0.29, 0.717) is 0 Å². The van der Waals surface area contributed by atoms with Gasteiger partial charge >= 0.3 is 0 Å². The van der Waals surface area contributed by atoms with E-state index in [2.05, 4.69) is 37.1 Å². The van der Waals surface area contributed by atoms with Crippen molar-refractivity contribution in [1.29, 1.82) is 0 Å². The van der Waals surface area contributed by atoms with Crippen LogP contribution in [-0.2, 0) is 9.53 Å². The van der Waals surface area contributed by atoms with Crippen LogP contribution in [0.3, 0.4) is 0 Å². The van der Waals surface area contributed by atoms with Gasteiger partial charge in [-0.2, -0.15) is 0 Å². The number of carbonyl (C=O) groups is 1. The Bertz CT molecular complexity index is 466. The first-order valence-electron chi connectivity index (χ1n) is 7.80. The van der Waals surface area contributed by atoms with Gasteiger partial charge in [0, 0.05) is 32.1 Å². The minimum Gasteiger partial charge on any atom is -0.499 e. The third kappa shape index (κ3) is 3.49. The van der Waals surface area contributed by atoms with Gasteiger partial charge in [-0.1, -0.05) is 20.8 Å². The Morgan fingerprint density at radius 2 is 1.95 bits per heavy atom. The molecule has 1 N–H and O–H groups in total. The zero-order valence-electron chi connectivity index (χ0n) is 14.0. The van der Waals surface area contributed by atoms with Crippen LogP contribution in [0.5, 0.6) is 0 Å². The molecule has 1 aliphatic heterocycles. The van der Waals surface area contributed by atoms with Crippen LogP contribution >= 0.6 is 0 Å². The van der Waals surface area contributed by atoms with Crippen LogP contribution in [-0.4, -0.2) is 44.0 Å². The highest BCUT2D eigenvalue weighted by Gasteiger charge is 2.36. The molecule has 21 heavy (non-hydrogen) atoms. The zero-order valence-corrected chi connectivity index (χ0v) is 14.0. The minimum absolute atomic E-state index is 0.0690. The molecule has 1 aliphatic carbocycles. The SMILES string of the molecule is COC1=C(N2CCNCC2)C=C(C(C)=O)CC1C(C)(C)C. The highest BCUT2D eigenvalue weighted by molar-refractivity contribution is 5.94. The standard InChI is InChI=1S/C17H28N2O2/c1-12(20)13-10-14(17(2,3)4)16(21-5)15(11-13)19-8-6-18-7-9-19/h11,14,18H,6-10H2,1-5H3. The first-order chi connectivity index (χ1) is 9.84. The summed E-state index contributed by atoms with van der Waals surface area (Å²) in [5, 5.41) is 3.37. The summed E-state index contributed by atoms with van der Waals surface area (Å²) in [6.07, 6.45) is 2.83. The maximum absolute atomic E-state index is 11.9. The lowest BCUT2D eigenvalue weighted by Gasteiger charge is -2.40. The lowest BCUT2D eigenvalue weighted by Crippen LogP contribution is -2.44. The second-order valence-corrected chi connectivity index (χ2v) is 7.04. The summed E-state index contributed by atoms with van der Waals surface area (Å²) in [6.45, 7) is 12.2. The van der Waals surface area contributed by atoms with Crippen molar-refractivity contribution in [3.63, 3.8) is 0 Å². The van der Waals surface area contributed by atoms with Crippen LogP contribution in [0.15, 0.2) is 23.1 Å². The molecule has 0 aromatic carbocycles. The highest BCUT2D eigenvalue weighted by Crippen LogP contribution is 2.42. The van der Waals surface area contributed by atoms with E-state index < -0.39 is 0 Å². The molecule has 1 saturated heterocycles. The van der Waals surface area contributed by atoms with Crippen molar-refractivity contribution in [2.75, 3.05) is 33.3 Å². The molecule has 1 atom stereocenters. The first-order valence-corrected chi connectivity index (χ1v) is 7.80. The van der Waals surface area contributed by atoms with Crippen molar-refractivity contribution in [3.05, 3.63) is 23.1 Å². The molecule has 0 aromatic rings. The number of Topliss-reactive ketones (excluding diaryl/α,β-unsaturated/α-hetero) is 1. The molecule has 4 nitrogen and oxygen atoms in total. The van der Waals surface area contributed by atoms with Crippen LogP contribution in [0.25, 0.3) is 0 Å². The van der Waals surface area contributed by atoms with Gasteiger partial charge < -0.3 is 15.0 Å². The Morgan fingerprint density at radius 1 is 1.33 bits per heavy atom. The van der Waals surface area contributed by atoms with Gasteiger partial charge in [-0.3, -0.25) is 4.79 Å². The predicted molar refractivity (Wildman–Crippen MR) is 84.8 cm³/mol. The van der Waals surface area contributed by atoms with E-state index in [4.69, 9.17) is 4.74 Å². The Balaban J connectivity index is 2.45. The molecule has 0 spiro atoms. The maximum Gasteiger partial charge on any atom is 0.155 e. The molecule has 2 rings (SSSR count). The summed E-state index contributed by atoms with van der Waals surface area (Å²) < 4.78 is 5.79. The highest BCUT2D eigenvalue weighted by atomic mass is 16.5. The average molecular weight is 292 g/mol. The van der Waals surface area contributed by atoms with Gasteiger partial charge in [-0.25, -0.2) is 0 Å². The summed E-state index contributed by atoms with van der Waals surface area (Å²) >= 11 is 0. The van der Waals surface area contributed by atoms with Gasteiger partial charge in [-0.15, -0.1) is 0 Å². The number of ether oxygens (including phenoxy) is 1. The number of nitrogens with zero attached hydrogens (tertiary/aromatic N) is 1. The molecule has 0 amide bonds. The normalized spacial score (nSPS) is 24.0. The predicted octanol–water partition coefficient (Wildman–Crippen LogP) is 2.33. The lowest BCUT2D eigenvalue weighted by molar-refractivity contribution is -0.114. The number of hydrogen-bond acceptors (Lipinski definition) is 4. The Labute approximate surface area is 128 Å². The van der Waals surface area contributed by atoms with Crippen molar-refractivity contribution in [2.24, 2.45) is 11.3 Å². The van der Waals surface area contributed by atoms with Crippen LogP contribution in [0, 0.1) is 11.3 Å². The van der Waals surface area contributed by atoms with E-state index in [-0.39, 0.29) is 17.1 Å². The number of methoxy groups -OCH3 is 1. The fourth-order valence-electron chi connectivity index (χ4n) is 3.13. The first kappa shape index (κ1) is 16.1. The number of piperazine rings is 1. The number of nitrogens with one attached hydrogen (secondary N) is 1. The Kier molecular flexibility index (Phi) is 4.77. The van der Waals surface area contributed by atoms with Crippen molar-refractivity contribution in [1.82, 2.24) is 10.2 Å². The smallest absolute Gasteiger partial charge is 0.155 e. The fourth-order valence-corrected chi connectivity index (χ4v) is 3.13. The molecular formula is C17H28N2O2. The van der Waals surface area contributed by atoms with Crippen molar-refractivity contribution in [3.8, 4) is 0 Å². The molecule has 2 aliphatic rings. The molecule has 4 heteroatoms. The molecule has 0 radical (unpaired) electrons. The van der Waals surface area contributed by atoms with Gasteiger partial charge in [0.05, 0.1) is 12.8 Å². The van der Waals surface area contributed by atoms with E-state index in [1.807, 2.05) is 0 Å². The summed E-state index contributed by atoms with van der Waals surface area (Å²) in [7, 11) is 1.75. The molecule has 118 valence electrons. The van der Waals surface area contributed by atoms with Crippen molar-refractivity contribution in [2.45, 2.75) is 34.1 Å². The van der Waals surface area contributed by atoms with Gasteiger partial charge in [0.2, 0.25) is 0 Å². The molecular weight excluding hydrogens is 264 g/mol. The molecule has 0 bridgehead atoms. The van der Waals surface area contributed by atoms with Crippen LogP contribution < -0.4 is 5.32 Å². The molecule has 0 aromatic heterocycles. The number of hydrogen-bond donors (Lipinski definition) is 1. The quantitative estimate of drug-likeness (QED) is 0.867. The van der Waals surface area contributed by atoms with Crippen LogP contribution in [0.2, 0.25) is 0 Å². The van der Waals surface area contributed by atoms with Crippen molar-refractivity contribution >= 4 is 5.78 Å². The second-order valence-electron chi connectivity index (χ2n) is 7.04. The van der Waals surface area contributed by atoms with Crippen molar-refractivity contribution < 1.29 is 9.53 Å². The Morgan fingerprint density at radius 3 is 2.43 bits per heavy atom. The largest absolute Gasteiger partial charge is 0.499 e. The van der Waals surface area contributed by atoms with Crippen LogP contribution in [0.4, 0.5) is 0 Å². The lowest BCUT2D eigenvalue weighted by atomic mass is 9.72. The second kappa shape index (κ2) is 6.22. The number of allylic oxidation sites excluding steroid dienone is 3. The minimum atomic E-state index is 0.0690. The van der Waals surface area contributed by atoms with Gasteiger partial charge in [0.1, 0.15) is 5.76 Å². The number of ketones is 1. The third-order valence-corrected chi connectivity index (χ3v) is 4.48. The van der Waals surface area contributed by atoms with E-state index in [1.165, 1.54) is 0 Å². The van der Waals surface area contributed by atoms with Crippen LogP contribution in [0.1, 0.15) is 34.1 Å². The van der Waals surface area contributed by atoms with E-state index in [9.17, 15) is 4.79 Å². The molecule has 0 saturated carbocycles. The van der Waals surface area contributed by atoms with E-state index >= 15 is 0 Å². The average Bonchev–Trinajstić information content (AvgIpc) is 2.45. The molecule has 1 unspecified atom stereocenters. The van der Waals surface area contributed by atoms with E-state index in [0.717, 1.165) is 49.6 Å². The third-order valence-electron chi connectivity index (χ3n) is 4.48. The molecule has 1 heterocycles. The van der Waals surface area contributed by atoms with Gasteiger partial charge in [0.25, 0.3) is 0 Å². The number of rotatable bonds is 3. The summed E-state index contributed by atoms with van der Waals surface area (Å²) in [4.78, 5) is 14.3. The zero-order chi connectivity index (χ0) is 15.6. The summed E-state index contributed by atoms with van der Waals surface area (Å²) in [5.74, 6) is 1.46. The maximum atomic E-state index is 11.9.